The molecule has 0 aliphatic heterocycles. The molecule has 19 heavy (non-hydrogen) atoms. The van der Waals surface area contributed by atoms with E-state index >= 15 is 0 Å². The summed E-state index contributed by atoms with van der Waals surface area (Å²) in [7, 11) is 0. The fourth-order valence-electron chi connectivity index (χ4n) is 1.90. The van der Waals surface area contributed by atoms with Crippen molar-refractivity contribution in [3.63, 3.8) is 0 Å². The first-order valence-electron chi connectivity index (χ1n) is 7.40. The van der Waals surface area contributed by atoms with Crippen molar-refractivity contribution in [2.75, 3.05) is 19.7 Å². The molecule has 1 rings (SSSR count). The molecule has 0 aromatic carbocycles. The molecular weight excluding hydrogens is 236 g/mol. The number of pyridine rings is 1. The van der Waals surface area contributed by atoms with Crippen LogP contribution in [0.5, 0.6) is 0 Å². The molecule has 0 bridgehead atoms. The van der Waals surface area contributed by atoms with Gasteiger partial charge in [0, 0.05) is 18.3 Å². The second kappa shape index (κ2) is 9.93. The van der Waals surface area contributed by atoms with Gasteiger partial charge in [0.1, 0.15) is 0 Å². The first kappa shape index (κ1) is 16.1. The van der Waals surface area contributed by atoms with Crippen LogP contribution in [-0.4, -0.2) is 30.8 Å². The van der Waals surface area contributed by atoms with Crippen LogP contribution in [0.15, 0.2) is 24.4 Å². The van der Waals surface area contributed by atoms with Gasteiger partial charge in [-0.3, -0.25) is 4.98 Å². The van der Waals surface area contributed by atoms with Crippen molar-refractivity contribution in [2.24, 2.45) is 5.92 Å². The van der Waals surface area contributed by atoms with Gasteiger partial charge in [0.15, 0.2) is 0 Å². The summed E-state index contributed by atoms with van der Waals surface area (Å²) in [4.78, 5) is 4.29. The Hall–Kier alpha value is -0.930. The third kappa shape index (κ3) is 8.73. The predicted octanol–water partition coefficient (Wildman–Crippen LogP) is 3.06. The average Bonchev–Trinajstić information content (AvgIpc) is 2.39. The van der Waals surface area contributed by atoms with E-state index < -0.39 is 0 Å². The van der Waals surface area contributed by atoms with Crippen molar-refractivity contribution in [1.29, 1.82) is 0 Å². The second-order valence-corrected chi connectivity index (χ2v) is 5.49. The minimum atomic E-state index is 0.338. The van der Waals surface area contributed by atoms with Crippen LogP contribution in [0.4, 0.5) is 0 Å². The standard InChI is InChI=1S/C16H28N2O/c1-14(2)13-17-10-6-7-15(3)19-12-9-16-8-4-5-11-18-16/h4-5,8,11,14-15,17H,6-7,9-10,12-13H2,1-3H3. The summed E-state index contributed by atoms with van der Waals surface area (Å²) < 4.78 is 5.81. The molecule has 1 heterocycles. The smallest absolute Gasteiger partial charge is 0.0547 e. The number of nitrogens with zero attached hydrogens (tertiary/aromatic N) is 1. The van der Waals surface area contributed by atoms with Crippen molar-refractivity contribution < 1.29 is 4.74 Å². The minimum absolute atomic E-state index is 0.338. The second-order valence-electron chi connectivity index (χ2n) is 5.49. The van der Waals surface area contributed by atoms with Gasteiger partial charge >= 0.3 is 0 Å². The molecular formula is C16H28N2O. The summed E-state index contributed by atoms with van der Waals surface area (Å²) in [6.07, 6.45) is 5.37. The Morgan fingerprint density at radius 2 is 2.11 bits per heavy atom. The highest BCUT2D eigenvalue weighted by Gasteiger charge is 2.02. The van der Waals surface area contributed by atoms with E-state index in [9.17, 15) is 0 Å². The highest BCUT2D eigenvalue weighted by atomic mass is 16.5. The van der Waals surface area contributed by atoms with Gasteiger partial charge in [-0.25, -0.2) is 0 Å². The lowest BCUT2D eigenvalue weighted by atomic mass is 10.2. The molecule has 1 atom stereocenters. The summed E-state index contributed by atoms with van der Waals surface area (Å²) in [5.74, 6) is 0.729. The van der Waals surface area contributed by atoms with E-state index in [-0.39, 0.29) is 0 Å². The zero-order valence-electron chi connectivity index (χ0n) is 12.6. The van der Waals surface area contributed by atoms with Crippen LogP contribution in [0, 0.1) is 5.92 Å². The van der Waals surface area contributed by atoms with Gasteiger partial charge in [-0.1, -0.05) is 19.9 Å². The summed E-state index contributed by atoms with van der Waals surface area (Å²) in [5, 5.41) is 3.46. The topological polar surface area (TPSA) is 34.1 Å². The van der Waals surface area contributed by atoms with E-state index in [0.29, 0.717) is 6.10 Å². The summed E-state index contributed by atoms with van der Waals surface area (Å²) in [6.45, 7) is 9.58. The maximum absolute atomic E-state index is 5.81. The zero-order valence-corrected chi connectivity index (χ0v) is 12.6. The van der Waals surface area contributed by atoms with E-state index in [1.54, 1.807) is 0 Å². The Kier molecular flexibility index (Phi) is 8.43. The first-order valence-corrected chi connectivity index (χ1v) is 7.40. The van der Waals surface area contributed by atoms with Gasteiger partial charge < -0.3 is 10.1 Å². The van der Waals surface area contributed by atoms with Crippen molar-refractivity contribution in [2.45, 2.75) is 46.1 Å². The SMILES string of the molecule is CC(C)CNCCCC(C)OCCc1ccccn1. The highest BCUT2D eigenvalue weighted by Crippen LogP contribution is 2.03. The zero-order chi connectivity index (χ0) is 13.9. The fraction of sp³-hybridized carbons (Fsp3) is 0.688. The van der Waals surface area contributed by atoms with Crippen LogP contribution < -0.4 is 5.32 Å². The van der Waals surface area contributed by atoms with E-state index in [4.69, 9.17) is 4.74 Å². The molecule has 1 aromatic rings. The number of hydrogen-bond acceptors (Lipinski definition) is 3. The number of rotatable bonds is 10. The molecule has 0 saturated carbocycles. The highest BCUT2D eigenvalue weighted by molar-refractivity contribution is 5.03. The predicted molar refractivity (Wildman–Crippen MR) is 80.3 cm³/mol. The lowest BCUT2D eigenvalue weighted by Gasteiger charge is -2.13. The van der Waals surface area contributed by atoms with Gasteiger partial charge in [0.25, 0.3) is 0 Å². The fourth-order valence-corrected chi connectivity index (χ4v) is 1.90. The normalized spacial score (nSPS) is 12.8. The Morgan fingerprint density at radius 3 is 2.79 bits per heavy atom. The van der Waals surface area contributed by atoms with Gasteiger partial charge in [-0.05, 0) is 50.9 Å². The average molecular weight is 264 g/mol. The number of hydrogen-bond donors (Lipinski definition) is 1. The minimum Gasteiger partial charge on any atom is -0.378 e. The quantitative estimate of drug-likeness (QED) is 0.660. The summed E-state index contributed by atoms with van der Waals surface area (Å²) >= 11 is 0. The van der Waals surface area contributed by atoms with Crippen molar-refractivity contribution in [3.8, 4) is 0 Å². The molecule has 0 fully saturated rings. The van der Waals surface area contributed by atoms with Crippen LogP contribution >= 0.6 is 0 Å². The molecule has 0 aliphatic rings. The van der Waals surface area contributed by atoms with Crippen LogP contribution in [0.3, 0.4) is 0 Å². The molecule has 108 valence electrons. The molecule has 3 nitrogen and oxygen atoms in total. The maximum Gasteiger partial charge on any atom is 0.0547 e. The van der Waals surface area contributed by atoms with Gasteiger partial charge in [-0.15, -0.1) is 0 Å². The molecule has 1 unspecified atom stereocenters. The monoisotopic (exact) mass is 264 g/mol. The number of aromatic nitrogens is 1. The molecule has 0 radical (unpaired) electrons. The Balaban J connectivity index is 1.97. The Bertz CT molecular complexity index is 314. The van der Waals surface area contributed by atoms with Crippen LogP contribution in [0.1, 0.15) is 39.3 Å². The van der Waals surface area contributed by atoms with Crippen molar-refractivity contribution >= 4 is 0 Å². The molecule has 0 aliphatic carbocycles. The first-order chi connectivity index (χ1) is 9.18. The Labute approximate surface area is 117 Å². The van der Waals surface area contributed by atoms with Gasteiger partial charge in [-0.2, -0.15) is 0 Å². The van der Waals surface area contributed by atoms with Crippen LogP contribution in [0.2, 0.25) is 0 Å². The molecule has 1 aromatic heterocycles. The number of ether oxygens (including phenoxy) is 1. The lowest BCUT2D eigenvalue weighted by molar-refractivity contribution is 0.0608. The molecule has 0 spiro atoms. The van der Waals surface area contributed by atoms with Gasteiger partial charge in [0.05, 0.1) is 12.7 Å². The van der Waals surface area contributed by atoms with Crippen molar-refractivity contribution in [3.05, 3.63) is 30.1 Å². The van der Waals surface area contributed by atoms with E-state index in [1.807, 2.05) is 24.4 Å². The van der Waals surface area contributed by atoms with Crippen LogP contribution in [-0.2, 0) is 11.2 Å². The summed E-state index contributed by atoms with van der Waals surface area (Å²) in [6, 6.07) is 6.01. The molecule has 3 heteroatoms. The number of nitrogens with one attached hydrogen (secondary N) is 1. The van der Waals surface area contributed by atoms with E-state index in [2.05, 4.69) is 31.1 Å². The van der Waals surface area contributed by atoms with E-state index in [1.165, 1.54) is 6.42 Å². The Morgan fingerprint density at radius 1 is 1.26 bits per heavy atom. The molecule has 0 amide bonds. The molecule has 0 saturated heterocycles. The van der Waals surface area contributed by atoms with Crippen molar-refractivity contribution in [1.82, 2.24) is 10.3 Å². The lowest BCUT2D eigenvalue weighted by Crippen LogP contribution is -2.22. The van der Waals surface area contributed by atoms with E-state index in [0.717, 1.165) is 44.1 Å². The third-order valence-electron chi connectivity index (χ3n) is 3.00. The molecule has 1 N–H and O–H groups in total. The maximum atomic E-state index is 5.81. The van der Waals surface area contributed by atoms with Crippen LogP contribution in [0.25, 0.3) is 0 Å². The summed E-state index contributed by atoms with van der Waals surface area (Å²) in [5.41, 5.74) is 1.10. The van der Waals surface area contributed by atoms with Gasteiger partial charge in [0.2, 0.25) is 0 Å². The largest absolute Gasteiger partial charge is 0.378 e. The third-order valence-corrected chi connectivity index (χ3v) is 3.00.